The van der Waals surface area contributed by atoms with Crippen LogP contribution >= 0.6 is 11.8 Å². The molecule has 11 heteroatoms. The number of para-hydroxylation sites is 1. The molecule has 228 valence electrons. The minimum absolute atomic E-state index is 0.0158. The number of likely N-dealkylation sites (tertiary alicyclic amines) is 1. The molecule has 5 atom stereocenters. The molecule has 10 nitrogen and oxygen atoms in total. The SMILES string of the molecule is COC[C@@H](C)C(=O)N1CCC[C@@H](NC(=O)C2=C3NC(=O)N(c4ccc(Oc5ccccc5)cc4C)C4CCNC(S2)C34)C1. The molecule has 4 aliphatic rings. The number of ether oxygens (including phenoxy) is 2. The zero-order valence-corrected chi connectivity index (χ0v) is 25.6. The number of thioether (sulfide) groups is 1. The Morgan fingerprint density at radius 2 is 1.95 bits per heavy atom. The Labute approximate surface area is 256 Å². The molecule has 3 N–H and O–H groups in total. The van der Waals surface area contributed by atoms with Gasteiger partial charge in [0.2, 0.25) is 5.91 Å². The van der Waals surface area contributed by atoms with E-state index in [1.54, 1.807) is 7.11 Å². The number of nitrogens with zero attached hydrogens (tertiary/aromatic N) is 2. The number of amides is 4. The molecule has 0 aliphatic carbocycles. The number of nitrogens with one attached hydrogen (secondary N) is 3. The van der Waals surface area contributed by atoms with Crippen molar-refractivity contribution >= 4 is 35.3 Å². The van der Waals surface area contributed by atoms with Crippen LogP contribution in [0, 0.1) is 18.8 Å². The summed E-state index contributed by atoms with van der Waals surface area (Å²) in [5.74, 6) is 1.05. The smallest absolute Gasteiger partial charge is 0.326 e. The van der Waals surface area contributed by atoms with Crippen LogP contribution in [0.2, 0.25) is 0 Å². The zero-order chi connectivity index (χ0) is 30.1. The summed E-state index contributed by atoms with van der Waals surface area (Å²) >= 11 is 1.49. The van der Waals surface area contributed by atoms with Gasteiger partial charge in [-0.2, -0.15) is 0 Å². The number of anilines is 1. The lowest BCUT2D eigenvalue weighted by Crippen LogP contribution is -2.62. The number of methoxy groups -OCH3 is 1. The van der Waals surface area contributed by atoms with E-state index in [1.807, 2.05) is 72.2 Å². The van der Waals surface area contributed by atoms with Crippen LogP contribution in [0.1, 0.15) is 31.7 Å². The molecule has 0 radical (unpaired) electrons. The molecule has 3 fully saturated rings. The molecule has 6 rings (SSSR count). The fourth-order valence-electron chi connectivity index (χ4n) is 6.67. The van der Waals surface area contributed by atoms with Crippen molar-refractivity contribution in [3.8, 4) is 11.5 Å². The third-order valence-electron chi connectivity index (χ3n) is 8.66. The summed E-state index contributed by atoms with van der Waals surface area (Å²) in [7, 11) is 1.59. The highest BCUT2D eigenvalue weighted by Crippen LogP contribution is 2.48. The number of rotatable bonds is 8. The molecule has 4 heterocycles. The van der Waals surface area contributed by atoms with E-state index in [2.05, 4.69) is 16.0 Å². The first-order valence-electron chi connectivity index (χ1n) is 15.0. The summed E-state index contributed by atoms with van der Waals surface area (Å²) in [6, 6.07) is 14.9. The van der Waals surface area contributed by atoms with E-state index in [9.17, 15) is 14.4 Å². The van der Waals surface area contributed by atoms with E-state index in [1.165, 1.54) is 11.8 Å². The van der Waals surface area contributed by atoms with Crippen LogP contribution in [0.25, 0.3) is 0 Å². The summed E-state index contributed by atoms with van der Waals surface area (Å²) in [6.07, 6.45) is 2.40. The lowest BCUT2D eigenvalue weighted by Gasteiger charge is -2.46. The molecule has 4 amide bonds. The van der Waals surface area contributed by atoms with E-state index in [4.69, 9.17) is 9.47 Å². The highest BCUT2D eigenvalue weighted by Gasteiger charge is 2.52. The minimum Gasteiger partial charge on any atom is -0.457 e. The third-order valence-corrected chi connectivity index (χ3v) is 10.0. The number of piperidine rings is 2. The predicted molar refractivity (Wildman–Crippen MR) is 166 cm³/mol. The van der Waals surface area contributed by atoms with Gasteiger partial charge in [-0.05, 0) is 68.6 Å². The first-order chi connectivity index (χ1) is 20.8. The molecule has 2 aromatic rings. The van der Waals surface area contributed by atoms with Crippen LogP contribution in [0.5, 0.6) is 11.5 Å². The van der Waals surface area contributed by atoms with Gasteiger partial charge in [-0.25, -0.2) is 4.79 Å². The molecular weight excluding hydrogens is 566 g/mol. The summed E-state index contributed by atoms with van der Waals surface area (Å²) in [4.78, 5) is 44.4. The Morgan fingerprint density at radius 1 is 1.14 bits per heavy atom. The lowest BCUT2D eigenvalue weighted by molar-refractivity contribution is -0.138. The van der Waals surface area contributed by atoms with E-state index in [0.29, 0.717) is 36.0 Å². The zero-order valence-electron chi connectivity index (χ0n) is 24.8. The molecule has 4 aliphatic heterocycles. The molecule has 3 unspecified atom stereocenters. The van der Waals surface area contributed by atoms with Crippen molar-refractivity contribution in [2.24, 2.45) is 11.8 Å². The quantitative estimate of drug-likeness (QED) is 0.418. The standard InChI is InChI=1S/C32H39N5O5S/c1-19-16-23(42-22-9-5-4-6-10-22)11-12-24(19)37-25-13-14-33-30-26(25)27(35-32(37)40)28(43-30)29(38)34-21-8-7-15-36(17-21)31(39)20(2)18-41-3/h4-6,9-12,16,20-21,25-26,30,33H,7-8,13-15,17-18H2,1-3H3,(H,34,38)(H,35,40)/t20-,21-,25?,26?,30?/m1/s1. The molecule has 0 spiro atoms. The second kappa shape index (κ2) is 12.6. The number of carbonyl (C=O) groups is 3. The Hall–Kier alpha value is -3.54. The normalized spacial score (nSPS) is 25.6. The average molecular weight is 606 g/mol. The van der Waals surface area contributed by atoms with E-state index in [-0.39, 0.29) is 47.1 Å². The van der Waals surface area contributed by atoms with Crippen molar-refractivity contribution in [3.05, 3.63) is 64.7 Å². The van der Waals surface area contributed by atoms with Crippen LogP contribution in [0.3, 0.4) is 0 Å². The number of hydrogen-bond acceptors (Lipinski definition) is 7. The van der Waals surface area contributed by atoms with Gasteiger partial charge in [-0.3, -0.25) is 14.5 Å². The second-order valence-corrected chi connectivity index (χ2v) is 12.9. The first kappa shape index (κ1) is 29.5. The Bertz CT molecular complexity index is 1420. The number of urea groups is 1. The van der Waals surface area contributed by atoms with E-state index in [0.717, 1.165) is 42.8 Å². The molecular formula is C32H39N5O5S. The highest BCUT2D eigenvalue weighted by atomic mass is 32.2. The van der Waals surface area contributed by atoms with Crippen molar-refractivity contribution in [3.63, 3.8) is 0 Å². The van der Waals surface area contributed by atoms with Gasteiger partial charge >= 0.3 is 6.03 Å². The van der Waals surface area contributed by atoms with Gasteiger partial charge in [0, 0.05) is 43.5 Å². The second-order valence-electron chi connectivity index (χ2n) is 11.7. The Morgan fingerprint density at radius 3 is 2.72 bits per heavy atom. The molecule has 2 aromatic carbocycles. The fraction of sp³-hybridized carbons (Fsp3) is 0.469. The highest BCUT2D eigenvalue weighted by molar-refractivity contribution is 8.04. The topological polar surface area (TPSA) is 112 Å². The summed E-state index contributed by atoms with van der Waals surface area (Å²) < 4.78 is 11.2. The maximum Gasteiger partial charge on any atom is 0.326 e. The van der Waals surface area contributed by atoms with Crippen molar-refractivity contribution < 1.29 is 23.9 Å². The van der Waals surface area contributed by atoms with E-state index < -0.39 is 0 Å². The molecule has 0 bridgehead atoms. The number of hydrogen-bond donors (Lipinski definition) is 3. The number of aryl methyl sites for hydroxylation is 1. The van der Waals surface area contributed by atoms with Crippen LogP contribution in [-0.4, -0.2) is 73.6 Å². The van der Waals surface area contributed by atoms with Crippen LogP contribution in [0.4, 0.5) is 10.5 Å². The first-order valence-corrected chi connectivity index (χ1v) is 15.9. The maximum atomic E-state index is 13.7. The summed E-state index contributed by atoms with van der Waals surface area (Å²) in [6.45, 7) is 6.13. The van der Waals surface area contributed by atoms with Gasteiger partial charge in [-0.1, -0.05) is 36.9 Å². The molecule has 43 heavy (non-hydrogen) atoms. The predicted octanol–water partition coefficient (Wildman–Crippen LogP) is 3.97. The van der Waals surface area contributed by atoms with Crippen LogP contribution < -0.4 is 25.6 Å². The van der Waals surface area contributed by atoms with Crippen LogP contribution in [0.15, 0.2) is 59.1 Å². The fourth-order valence-corrected chi connectivity index (χ4v) is 8.07. The summed E-state index contributed by atoms with van der Waals surface area (Å²) in [5.41, 5.74) is 2.47. The third kappa shape index (κ3) is 5.98. The minimum atomic E-state index is -0.230. The van der Waals surface area contributed by atoms with Gasteiger partial charge in [0.05, 0.1) is 28.8 Å². The van der Waals surface area contributed by atoms with Gasteiger partial charge in [0.25, 0.3) is 5.91 Å². The average Bonchev–Trinajstić information content (AvgIpc) is 3.38. The van der Waals surface area contributed by atoms with Gasteiger partial charge in [0.1, 0.15) is 11.5 Å². The largest absolute Gasteiger partial charge is 0.457 e. The van der Waals surface area contributed by atoms with E-state index >= 15 is 0 Å². The van der Waals surface area contributed by atoms with Crippen molar-refractivity contribution in [1.82, 2.24) is 20.9 Å². The Kier molecular flexibility index (Phi) is 8.65. The van der Waals surface area contributed by atoms with Crippen LogP contribution in [-0.2, 0) is 14.3 Å². The molecule has 3 saturated heterocycles. The Balaban J connectivity index is 1.18. The number of carbonyl (C=O) groups excluding carboxylic acids is 3. The maximum absolute atomic E-state index is 13.7. The summed E-state index contributed by atoms with van der Waals surface area (Å²) in [5, 5.41) is 9.82. The molecule has 0 saturated carbocycles. The molecule has 0 aromatic heterocycles. The van der Waals surface area contributed by atoms with Crippen molar-refractivity contribution in [1.29, 1.82) is 0 Å². The number of benzene rings is 2. The monoisotopic (exact) mass is 605 g/mol. The lowest BCUT2D eigenvalue weighted by atomic mass is 9.86. The van der Waals surface area contributed by atoms with Crippen molar-refractivity contribution in [2.45, 2.75) is 50.6 Å². The van der Waals surface area contributed by atoms with Gasteiger partial charge in [-0.15, -0.1) is 0 Å². The van der Waals surface area contributed by atoms with Gasteiger partial charge < -0.3 is 30.3 Å². The van der Waals surface area contributed by atoms with Gasteiger partial charge in [0.15, 0.2) is 0 Å². The van der Waals surface area contributed by atoms with Crippen molar-refractivity contribution in [2.75, 3.05) is 38.3 Å².